The van der Waals surface area contributed by atoms with Crippen LogP contribution >= 0.6 is 0 Å². The number of hydrogen-bond acceptors (Lipinski definition) is 4. The number of aromatic amines is 1. The number of nitrogens with one attached hydrogen (secondary N) is 2. The first kappa shape index (κ1) is 15.4. The zero-order valence-electron chi connectivity index (χ0n) is 13.9. The molecule has 1 aliphatic rings. The van der Waals surface area contributed by atoms with Crippen LogP contribution in [0, 0.1) is 0 Å². The summed E-state index contributed by atoms with van der Waals surface area (Å²) in [7, 11) is 0. The van der Waals surface area contributed by atoms with Crippen molar-refractivity contribution in [1.82, 2.24) is 20.1 Å². The van der Waals surface area contributed by atoms with E-state index in [9.17, 15) is 4.79 Å². The van der Waals surface area contributed by atoms with Crippen molar-refractivity contribution >= 4 is 11.6 Å². The lowest BCUT2D eigenvalue weighted by atomic mass is 10.0. The Hall–Kier alpha value is -3.15. The van der Waals surface area contributed by atoms with E-state index >= 15 is 0 Å². The van der Waals surface area contributed by atoms with Gasteiger partial charge in [-0.05, 0) is 30.7 Å². The van der Waals surface area contributed by atoms with E-state index in [-0.39, 0.29) is 12.1 Å². The average molecular weight is 333 g/mol. The molecule has 1 atom stereocenters. The number of amides is 1. The van der Waals surface area contributed by atoms with Gasteiger partial charge in [-0.15, -0.1) is 0 Å². The highest BCUT2D eigenvalue weighted by atomic mass is 16.2. The Balaban J connectivity index is 1.80. The molecule has 25 heavy (non-hydrogen) atoms. The third-order valence-corrected chi connectivity index (χ3v) is 4.40. The zero-order valence-corrected chi connectivity index (χ0v) is 13.9. The van der Waals surface area contributed by atoms with Crippen LogP contribution in [-0.2, 0) is 0 Å². The Morgan fingerprint density at radius 1 is 1.16 bits per heavy atom. The minimum absolute atomic E-state index is 0.0412. The molecule has 2 aromatic heterocycles. The van der Waals surface area contributed by atoms with Crippen molar-refractivity contribution in [3.8, 4) is 11.3 Å². The summed E-state index contributed by atoms with van der Waals surface area (Å²) in [4.78, 5) is 19.1. The number of H-pyrrole nitrogens is 1. The first-order valence-electron chi connectivity index (χ1n) is 8.39. The van der Waals surface area contributed by atoms with E-state index in [4.69, 9.17) is 0 Å². The summed E-state index contributed by atoms with van der Waals surface area (Å²) in [6.07, 6.45) is 5.92. The third kappa shape index (κ3) is 2.65. The van der Waals surface area contributed by atoms with Crippen LogP contribution in [0.2, 0.25) is 0 Å². The van der Waals surface area contributed by atoms with E-state index in [0.29, 0.717) is 12.1 Å². The van der Waals surface area contributed by atoms with E-state index in [2.05, 4.69) is 27.4 Å². The van der Waals surface area contributed by atoms with Crippen LogP contribution < -0.4 is 5.32 Å². The second-order valence-corrected chi connectivity index (χ2v) is 6.03. The smallest absolute Gasteiger partial charge is 0.257 e. The maximum absolute atomic E-state index is 13.0. The maximum Gasteiger partial charge on any atom is 0.257 e. The predicted octanol–water partition coefficient (Wildman–Crippen LogP) is 3.45. The number of para-hydroxylation sites is 1. The highest BCUT2D eigenvalue weighted by Crippen LogP contribution is 2.36. The quantitative estimate of drug-likeness (QED) is 0.767. The van der Waals surface area contributed by atoms with Gasteiger partial charge in [0.2, 0.25) is 0 Å². The highest BCUT2D eigenvalue weighted by Gasteiger charge is 2.34. The summed E-state index contributed by atoms with van der Waals surface area (Å²) in [5, 5.41) is 10.8. The molecule has 0 saturated heterocycles. The lowest BCUT2D eigenvalue weighted by molar-refractivity contribution is 0.0684. The molecular weight excluding hydrogens is 314 g/mol. The Morgan fingerprint density at radius 3 is 2.84 bits per heavy atom. The topological polar surface area (TPSA) is 73.9 Å². The molecular formula is C19H19N5O. The number of aromatic nitrogens is 3. The summed E-state index contributed by atoms with van der Waals surface area (Å²) in [6, 6.07) is 11.5. The van der Waals surface area contributed by atoms with Gasteiger partial charge in [-0.25, -0.2) is 0 Å². The lowest BCUT2D eigenvalue weighted by Gasteiger charge is -2.37. The molecule has 3 aromatic rings. The second kappa shape index (κ2) is 6.39. The number of carbonyl (C=O) groups excluding carboxylic acids is 1. The first-order chi connectivity index (χ1) is 12.3. The highest BCUT2D eigenvalue weighted by molar-refractivity contribution is 6.01. The van der Waals surface area contributed by atoms with E-state index in [1.807, 2.05) is 41.3 Å². The van der Waals surface area contributed by atoms with Gasteiger partial charge < -0.3 is 10.2 Å². The first-order valence-corrected chi connectivity index (χ1v) is 8.39. The van der Waals surface area contributed by atoms with Crippen LogP contribution in [-0.4, -0.2) is 32.5 Å². The fourth-order valence-electron chi connectivity index (χ4n) is 3.25. The van der Waals surface area contributed by atoms with Crippen molar-refractivity contribution in [2.45, 2.75) is 19.5 Å². The number of carbonyl (C=O) groups is 1. The van der Waals surface area contributed by atoms with E-state index < -0.39 is 0 Å². The van der Waals surface area contributed by atoms with Gasteiger partial charge in [-0.1, -0.05) is 19.1 Å². The number of rotatable bonds is 4. The molecule has 0 unspecified atom stereocenters. The van der Waals surface area contributed by atoms with Gasteiger partial charge in [0.15, 0.2) is 0 Å². The van der Waals surface area contributed by atoms with Gasteiger partial charge in [-0.3, -0.25) is 14.9 Å². The second-order valence-electron chi connectivity index (χ2n) is 6.03. The fraction of sp³-hybridized carbons (Fsp3) is 0.211. The van der Waals surface area contributed by atoms with Crippen LogP contribution in [0.3, 0.4) is 0 Å². The molecule has 0 saturated carbocycles. The Bertz CT molecular complexity index is 890. The number of hydrogen-bond donors (Lipinski definition) is 2. The molecule has 1 amide bonds. The van der Waals surface area contributed by atoms with Gasteiger partial charge in [-0.2, -0.15) is 5.10 Å². The van der Waals surface area contributed by atoms with E-state index in [1.54, 1.807) is 18.6 Å². The van der Waals surface area contributed by atoms with Crippen molar-refractivity contribution in [3.05, 3.63) is 66.1 Å². The number of nitrogens with zero attached hydrogens (tertiary/aromatic N) is 3. The summed E-state index contributed by atoms with van der Waals surface area (Å²) in [6.45, 7) is 2.74. The van der Waals surface area contributed by atoms with Crippen molar-refractivity contribution < 1.29 is 4.79 Å². The molecule has 2 N–H and O–H groups in total. The van der Waals surface area contributed by atoms with Gasteiger partial charge in [0.25, 0.3) is 5.91 Å². The molecule has 3 heterocycles. The minimum atomic E-state index is -0.267. The average Bonchev–Trinajstić information content (AvgIpc) is 3.14. The van der Waals surface area contributed by atoms with Crippen LogP contribution in [0.25, 0.3) is 11.3 Å². The lowest BCUT2D eigenvalue weighted by Crippen LogP contribution is -2.43. The third-order valence-electron chi connectivity index (χ3n) is 4.40. The molecule has 6 heteroatoms. The molecule has 126 valence electrons. The molecule has 0 aliphatic carbocycles. The van der Waals surface area contributed by atoms with Crippen molar-refractivity contribution in [2.24, 2.45) is 0 Å². The molecule has 0 fully saturated rings. The normalized spacial score (nSPS) is 16.4. The van der Waals surface area contributed by atoms with E-state index in [0.717, 1.165) is 28.9 Å². The molecule has 1 aromatic carbocycles. The van der Waals surface area contributed by atoms with Crippen molar-refractivity contribution in [2.75, 3.05) is 11.9 Å². The molecule has 6 nitrogen and oxygen atoms in total. The number of anilines is 1. The summed E-state index contributed by atoms with van der Waals surface area (Å²) >= 11 is 0. The standard InChI is InChI=1S/C19H19N5O/c1-2-10-24-18(22-16-8-4-3-7-14(16)19(24)25)15-12-21-23-17(15)13-6-5-9-20-11-13/h3-9,11-12,18,22H,2,10H2,1H3,(H,21,23)/t18-/m0/s1. The number of benzene rings is 1. The molecule has 4 rings (SSSR count). The zero-order chi connectivity index (χ0) is 17.2. The predicted molar refractivity (Wildman–Crippen MR) is 96.0 cm³/mol. The Labute approximate surface area is 145 Å². The largest absolute Gasteiger partial charge is 0.361 e. The van der Waals surface area contributed by atoms with E-state index in [1.165, 1.54) is 0 Å². The Kier molecular flexibility index (Phi) is 3.93. The summed E-state index contributed by atoms with van der Waals surface area (Å²) in [5.74, 6) is 0.0412. The van der Waals surface area contributed by atoms with Gasteiger partial charge in [0.05, 0.1) is 17.5 Å². The minimum Gasteiger partial charge on any atom is -0.361 e. The maximum atomic E-state index is 13.0. The molecule has 1 aliphatic heterocycles. The summed E-state index contributed by atoms with van der Waals surface area (Å²) < 4.78 is 0. The van der Waals surface area contributed by atoms with Crippen LogP contribution in [0.15, 0.2) is 55.0 Å². The Morgan fingerprint density at radius 2 is 2.04 bits per heavy atom. The van der Waals surface area contributed by atoms with Crippen LogP contribution in [0.5, 0.6) is 0 Å². The summed E-state index contributed by atoms with van der Waals surface area (Å²) in [5.41, 5.74) is 4.31. The fourth-order valence-corrected chi connectivity index (χ4v) is 3.25. The van der Waals surface area contributed by atoms with Crippen molar-refractivity contribution in [1.29, 1.82) is 0 Å². The van der Waals surface area contributed by atoms with Gasteiger partial charge >= 0.3 is 0 Å². The van der Waals surface area contributed by atoms with Crippen molar-refractivity contribution in [3.63, 3.8) is 0 Å². The monoisotopic (exact) mass is 333 g/mol. The molecule has 0 spiro atoms. The van der Waals surface area contributed by atoms with Crippen LogP contribution in [0.1, 0.15) is 35.4 Å². The molecule has 0 bridgehead atoms. The van der Waals surface area contributed by atoms with Gasteiger partial charge in [0, 0.05) is 35.8 Å². The van der Waals surface area contributed by atoms with Gasteiger partial charge in [0.1, 0.15) is 6.17 Å². The van der Waals surface area contributed by atoms with Crippen LogP contribution in [0.4, 0.5) is 5.69 Å². The number of pyridine rings is 1. The SMILES string of the molecule is CCCN1C(=O)c2ccccc2N[C@@H]1c1cn[nH]c1-c1cccnc1. The molecule has 0 radical (unpaired) electrons. The number of fused-ring (bicyclic) bond motifs is 1.